The summed E-state index contributed by atoms with van der Waals surface area (Å²) in [5.74, 6) is 0.0147. The highest BCUT2D eigenvalue weighted by atomic mass is 16.2. The van der Waals surface area contributed by atoms with Gasteiger partial charge in [0.05, 0.1) is 0 Å². The molecule has 5 nitrogen and oxygen atoms in total. The lowest BCUT2D eigenvalue weighted by molar-refractivity contribution is -0.142. The van der Waals surface area contributed by atoms with E-state index in [1.54, 1.807) is 11.0 Å². The first-order valence-electron chi connectivity index (χ1n) is 11.2. The molecule has 2 saturated heterocycles. The fourth-order valence-electron chi connectivity index (χ4n) is 4.67. The quantitative estimate of drug-likeness (QED) is 0.712. The summed E-state index contributed by atoms with van der Waals surface area (Å²) in [6.45, 7) is 7.10. The molecule has 31 heavy (non-hydrogen) atoms. The predicted octanol–water partition coefficient (Wildman–Crippen LogP) is 3.74. The third-order valence-corrected chi connectivity index (χ3v) is 6.31. The number of hydrogen-bond donors (Lipinski definition) is 0. The Labute approximate surface area is 184 Å². The highest BCUT2D eigenvalue weighted by Crippen LogP contribution is 2.25. The number of rotatable bonds is 4. The van der Waals surface area contributed by atoms with Crippen molar-refractivity contribution in [2.24, 2.45) is 0 Å². The van der Waals surface area contributed by atoms with E-state index in [-0.39, 0.29) is 23.9 Å². The van der Waals surface area contributed by atoms with Gasteiger partial charge in [-0.05, 0) is 56.0 Å². The molecule has 0 N–H and O–H groups in total. The van der Waals surface area contributed by atoms with Gasteiger partial charge in [-0.3, -0.25) is 9.59 Å². The molecule has 2 aliphatic heterocycles. The molecule has 162 valence electrons. The molecule has 0 aromatic heterocycles. The van der Waals surface area contributed by atoms with Crippen molar-refractivity contribution < 1.29 is 9.59 Å². The Balaban J connectivity index is 1.39. The molecule has 4 rings (SSSR count). The number of anilines is 1. The largest absolute Gasteiger partial charge is 0.365 e. The van der Waals surface area contributed by atoms with Crippen LogP contribution in [0.4, 0.5) is 5.69 Å². The Hall–Kier alpha value is -3.08. The van der Waals surface area contributed by atoms with Gasteiger partial charge in [0.15, 0.2) is 0 Å². The van der Waals surface area contributed by atoms with E-state index in [1.165, 1.54) is 11.3 Å². The van der Waals surface area contributed by atoms with Crippen molar-refractivity contribution in [3.8, 4) is 0 Å². The van der Waals surface area contributed by atoms with Crippen molar-refractivity contribution in [2.45, 2.75) is 38.8 Å². The maximum absolute atomic E-state index is 13.3. The summed E-state index contributed by atoms with van der Waals surface area (Å²) in [6, 6.07) is 18.2. The van der Waals surface area contributed by atoms with Crippen molar-refractivity contribution in [3.63, 3.8) is 0 Å². The summed E-state index contributed by atoms with van der Waals surface area (Å²) in [6.07, 6.45) is 5.04. The minimum absolute atomic E-state index is 0.0776. The van der Waals surface area contributed by atoms with Gasteiger partial charge in [0.25, 0.3) is 0 Å². The molecule has 0 bridgehead atoms. The van der Waals surface area contributed by atoms with E-state index in [0.29, 0.717) is 19.6 Å². The summed E-state index contributed by atoms with van der Waals surface area (Å²) >= 11 is 0. The maximum atomic E-state index is 13.3. The van der Waals surface area contributed by atoms with Crippen LogP contribution in [0.15, 0.2) is 60.7 Å². The van der Waals surface area contributed by atoms with E-state index in [4.69, 9.17) is 0 Å². The van der Waals surface area contributed by atoms with Crippen LogP contribution in [0.2, 0.25) is 0 Å². The van der Waals surface area contributed by atoms with E-state index in [1.807, 2.05) is 41.3 Å². The topological polar surface area (TPSA) is 43.9 Å². The summed E-state index contributed by atoms with van der Waals surface area (Å²) in [5.41, 5.74) is 3.44. The first-order chi connectivity index (χ1) is 15.0. The molecule has 2 fully saturated rings. The summed E-state index contributed by atoms with van der Waals surface area (Å²) in [4.78, 5) is 32.2. The van der Waals surface area contributed by atoms with Crippen LogP contribution in [0.1, 0.15) is 30.9 Å². The number of amides is 2. The molecular formula is C26H31N3O2. The lowest BCUT2D eigenvalue weighted by Gasteiger charge is -2.42. The molecule has 2 aromatic rings. The van der Waals surface area contributed by atoms with Crippen LogP contribution in [-0.2, 0) is 9.59 Å². The number of likely N-dealkylation sites (tertiary alicyclic amines) is 1. The van der Waals surface area contributed by atoms with E-state index < -0.39 is 0 Å². The van der Waals surface area contributed by atoms with Gasteiger partial charge in [0, 0.05) is 44.0 Å². The standard InChI is InChI=1S/C26H31N3O2/c1-20-8-6-11-23(18-20)28-17-16-27(19-21(28)2)26(31)24-12-7-15-29(24)25(30)14-13-22-9-4-3-5-10-22/h3-6,8-11,13-14,18,21,24H,7,12,15-17,19H2,1-2H3/b14-13+. The van der Waals surface area contributed by atoms with E-state index >= 15 is 0 Å². The van der Waals surface area contributed by atoms with Gasteiger partial charge >= 0.3 is 0 Å². The molecule has 0 spiro atoms. The number of piperazine rings is 1. The van der Waals surface area contributed by atoms with Gasteiger partial charge in [-0.1, -0.05) is 42.5 Å². The lowest BCUT2D eigenvalue weighted by atomic mass is 10.1. The van der Waals surface area contributed by atoms with E-state index in [0.717, 1.165) is 24.9 Å². The van der Waals surface area contributed by atoms with Gasteiger partial charge < -0.3 is 14.7 Å². The predicted molar refractivity (Wildman–Crippen MR) is 125 cm³/mol. The highest BCUT2D eigenvalue weighted by molar-refractivity contribution is 5.96. The normalized spacial score (nSPS) is 21.7. The van der Waals surface area contributed by atoms with Gasteiger partial charge in [0.2, 0.25) is 11.8 Å². The average molecular weight is 418 g/mol. The number of nitrogens with zero attached hydrogens (tertiary/aromatic N) is 3. The molecule has 2 amide bonds. The third kappa shape index (κ3) is 4.82. The van der Waals surface area contributed by atoms with Gasteiger partial charge in [-0.2, -0.15) is 0 Å². The second-order valence-corrected chi connectivity index (χ2v) is 8.60. The molecule has 2 aromatic carbocycles. The molecule has 2 unspecified atom stereocenters. The SMILES string of the molecule is Cc1cccc(N2CCN(C(=O)C3CCCN3C(=O)/C=C/c3ccccc3)CC2C)c1. The van der Waals surface area contributed by atoms with Crippen molar-refractivity contribution in [1.82, 2.24) is 9.80 Å². The zero-order valence-corrected chi connectivity index (χ0v) is 18.4. The van der Waals surface area contributed by atoms with Crippen molar-refractivity contribution >= 4 is 23.6 Å². The fraction of sp³-hybridized carbons (Fsp3) is 0.385. The van der Waals surface area contributed by atoms with Crippen LogP contribution in [0, 0.1) is 6.92 Å². The maximum Gasteiger partial charge on any atom is 0.247 e. The number of benzene rings is 2. The van der Waals surface area contributed by atoms with Crippen LogP contribution >= 0.6 is 0 Å². The molecule has 2 heterocycles. The summed E-state index contributed by atoms with van der Waals surface area (Å²) in [7, 11) is 0. The molecule has 2 atom stereocenters. The molecule has 2 aliphatic rings. The van der Waals surface area contributed by atoms with E-state index in [9.17, 15) is 9.59 Å². The first kappa shape index (κ1) is 21.2. The fourth-order valence-corrected chi connectivity index (χ4v) is 4.67. The molecule has 0 aliphatic carbocycles. The minimum Gasteiger partial charge on any atom is -0.365 e. The number of carbonyl (C=O) groups excluding carboxylic acids is 2. The second kappa shape index (κ2) is 9.38. The van der Waals surface area contributed by atoms with E-state index in [2.05, 4.69) is 43.0 Å². The Kier molecular flexibility index (Phi) is 6.40. The Morgan fingerprint density at radius 2 is 1.81 bits per heavy atom. The number of aryl methyl sites for hydroxylation is 1. The monoisotopic (exact) mass is 417 g/mol. The van der Waals surface area contributed by atoms with Crippen LogP contribution in [-0.4, -0.2) is 59.9 Å². The third-order valence-electron chi connectivity index (χ3n) is 6.31. The zero-order valence-electron chi connectivity index (χ0n) is 18.4. The second-order valence-electron chi connectivity index (χ2n) is 8.60. The van der Waals surface area contributed by atoms with Crippen LogP contribution in [0.25, 0.3) is 6.08 Å². The average Bonchev–Trinajstić information content (AvgIpc) is 3.27. The molecule has 0 radical (unpaired) electrons. The van der Waals surface area contributed by atoms with Crippen molar-refractivity contribution in [3.05, 3.63) is 71.8 Å². The smallest absolute Gasteiger partial charge is 0.247 e. The highest BCUT2D eigenvalue weighted by Gasteiger charge is 2.37. The Morgan fingerprint density at radius 1 is 1.00 bits per heavy atom. The van der Waals surface area contributed by atoms with Crippen molar-refractivity contribution in [1.29, 1.82) is 0 Å². The minimum atomic E-state index is -0.342. The Morgan fingerprint density at radius 3 is 2.55 bits per heavy atom. The van der Waals surface area contributed by atoms with Crippen LogP contribution < -0.4 is 4.90 Å². The molecule has 0 saturated carbocycles. The summed E-state index contributed by atoms with van der Waals surface area (Å²) in [5, 5.41) is 0. The van der Waals surface area contributed by atoms with Crippen LogP contribution in [0.3, 0.4) is 0 Å². The number of carbonyl (C=O) groups is 2. The Bertz CT molecular complexity index is 956. The first-order valence-corrected chi connectivity index (χ1v) is 11.2. The van der Waals surface area contributed by atoms with Gasteiger partial charge in [-0.25, -0.2) is 0 Å². The molecule has 5 heteroatoms. The lowest BCUT2D eigenvalue weighted by Crippen LogP contribution is -2.57. The van der Waals surface area contributed by atoms with Crippen molar-refractivity contribution in [2.75, 3.05) is 31.1 Å². The van der Waals surface area contributed by atoms with Gasteiger partial charge in [0.1, 0.15) is 6.04 Å². The van der Waals surface area contributed by atoms with Gasteiger partial charge in [-0.15, -0.1) is 0 Å². The zero-order chi connectivity index (χ0) is 21.8. The summed E-state index contributed by atoms with van der Waals surface area (Å²) < 4.78 is 0. The van der Waals surface area contributed by atoms with Crippen LogP contribution in [0.5, 0.6) is 0 Å². The number of hydrogen-bond acceptors (Lipinski definition) is 3. The molecular weight excluding hydrogens is 386 g/mol.